The van der Waals surface area contributed by atoms with Crippen molar-refractivity contribution in [2.24, 2.45) is 5.73 Å². The van der Waals surface area contributed by atoms with E-state index < -0.39 is 0 Å². The monoisotopic (exact) mass is 332 g/mol. The minimum atomic E-state index is -0.375. The minimum Gasteiger partial charge on any atom is -0.366 e. The van der Waals surface area contributed by atoms with E-state index in [9.17, 15) is 4.79 Å². The van der Waals surface area contributed by atoms with Gasteiger partial charge in [0.1, 0.15) is 0 Å². The molecule has 1 heterocycles. The van der Waals surface area contributed by atoms with E-state index in [4.69, 9.17) is 5.73 Å². The molecule has 0 aliphatic rings. The van der Waals surface area contributed by atoms with Crippen molar-refractivity contribution < 1.29 is 4.79 Å². The molecule has 25 heavy (non-hydrogen) atoms. The molecule has 0 atom stereocenters. The predicted molar refractivity (Wildman–Crippen MR) is 103 cm³/mol. The number of hydrogen-bond acceptors (Lipinski definition) is 1. The summed E-state index contributed by atoms with van der Waals surface area (Å²) in [6, 6.07) is 18.9. The van der Waals surface area contributed by atoms with E-state index in [1.165, 1.54) is 16.7 Å². The maximum atomic E-state index is 11.8. The van der Waals surface area contributed by atoms with Crippen LogP contribution in [0.15, 0.2) is 54.6 Å². The Morgan fingerprint density at radius 1 is 0.920 bits per heavy atom. The summed E-state index contributed by atoms with van der Waals surface area (Å²) in [6.45, 7) is 6.94. The van der Waals surface area contributed by atoms with Crippen molar-refractivity contribution >= 4 is 5.91 Å². The molecule has 128 valence electrons. The fourth-order valence-corrected chi connectivity index (χ4v) is 3.14. The van der Waals surface area contributed by atoms with Gasteiger partial charge in [0.2, 0.25) is 0 Å². The van der Waals surface area contributed by atoms with Crippen molar-refractivity contribution in [3.05, 3.63) is 82.5 Å². The maximum absolute atomic E-state index is 11.8. The Kier molecular flexibility index (Phi) is 4.75. The highest BCUT2D eigenvalue weighted by Gasteiger charge is 2.16. The molecule has 0 saturated carbocycles. The Bertz CT molecular complexity index is 887. The summed E-state index contributed by atoms with van der Waals surface area (Å²) in [6.07, 6.45) is 0.910. The Morgan fingerprint density at radius 3 is 2.04 bits per heavy atom. The summed E-state index contributed by atoms with van der Waals surface area (Å²) in [5.74, 6) is -0.375. The molecule has 2 aromatic carbocycles. The first-order chi connectivity index (χ1) is 12.0. The van der Waals surface area contributed by atoms with E-state index in [-0.39, 0.29) is 5.91 Å². The Hall–Kier alpha value is -2.81. The number of hydrogen-bond donors (Lipinski definition) is 1. The summed E-state index contributed by atoms with van der Waals surface area (Å²) in [5, 5.41) is 0. The summed E-state index contributed by atoms with van der Waals surface area (Å²) >= 11 is 0. The number of aryl methyl sites for hydroxylation is 3. The summed E-state index contributed by atoms with van der Waals surface area (Å²) in [5.41, 5.74) is 13.0. The number of benzene rings is 2. The van der Waals surface area contributed by atoms with Crippen LogP contribution in [0, 0.1) is 20.8 Å². The van der Waals surface area contributed by atoms with Crippen LogP contribution in [0.2, 0.25) is 0 Å². The number of carbonyl (C=O) groups is 1. The van der Waals surface area contributed by atoms with Crippen LogP contribution >= 0.6 is 0 Å². The standard InChI is InChI=1S/C22H24N2O/c1-15-4-8-18(9-5-15)12-13-24-17(3)20(22(23)25)14-21(24)19-10-6-16(2)7-11-19/h4-11,14H,12-13H2,1-3H3,(H2,23,25). The van der Waals surface area contributed by atoms with Gasteiger partial charge in [-0.2, -0.15) is 0 Å². The molecule has 1 amide bonds. The van der Waals surface area contributed by atoms with Gasteiger partial charge < -0.3 is 10.3 Å². The number of nitrogens with two attached hydrogens (primary N) is 1. The van der Waals surface area contributed by atoms with E-state index in [1.54, 1.807) is 0 Å². The molecule has 3 nitrogen and oxygen atoms in total. The lowest BCUT2D eigenvalue weighted by molar-refractivity contribution is 0.0999. The van der Waals surface area contributed by atoms with Gasteiger partial charge in [-0.05, 0) is 44.4 Å². The molecule has 1 aromatic heterocycles. The second-order valence-corrected chi connectivity index (χ2v) is 6.65. The fraction of sp³-hybridized carbons (Fsp3) is 0.227. The van der Waals surface area contributed by atoms with Crippen LogP contribution < -0.4 is 5.73 Å². The van der Waals surface area contributed by atoms with E-state index >= 15 is 0 Å². The Balaban J connectivity index is 1.96. The van der Waals surface area contributed by atoms with Gasteiger partial charge in [0.05, 0.1) is 5.56 Å². The quantitative estimate of drug-likeness (QED) is 0.738. The third kappa shape index (κ3) is 3.66. The molecule has 0 radical (unpaired) electrons. The van der Waals surface area contributed by atoms with Crippen molar-refractivity contribution in [2.45, 2.75) is 33.7 Å². The Labute approximate surface area is 149 Å². The second kappa shape index (κ2) is 6.98. The third-order valence-electron chi connectivity index (χ3n) is 4.72. The highest BCUT2D eigenvalue weighted by molar-refractivity contribution is 5.95. The van der Waals surface area contributed by atoms with Crippen LogP contribution in [0.5, 0.6) is 0 Å². The smallest absolute Gasteiger partial charge is 0.250 e. The molecule has 2 N–H and O–H groups in total. The van der Waals surface area contributed by atoms with Crippen LogP contribution in [-0.2, 0) is 13.0 Å². The minimum absolute atomic E-state index is 0.375. The average Bonchev–Trinajstić information content (AvgIpc) is 2.92. The van der Waals surface area contributed by atoms with Crippen molar-refractivity contribution in [3.8, 4) is 11.3 Å². The van der Waals surface area contributed by atoms with Crippen LogP contribution in [-0.4, -0.2) is 10.5 Å². The molecule has 0 fully saturated rings. The first kappa shape index (κ1) is 17.0. The molecule has 3 rings (SSSR count). The van der Waals surface area contributed by atoms with Crippen LogP contribution in [0.4, 0.5) is 0 Å². The van der Waals surface area contributed by atoms with E-state index in [2.05, 4.69) is 66.9 Å². The number of rotatable bonds is 5. The molecule has 0 bridgehead atoms. The SMILES string of the molecule is Cc1ccc(CCn2c(-c3ccc(C)cc3)cc(C(N)=O)c2C)cc1. The van der Waals surface area contributed by atoms with Crippen molar-refractivity contribution in [1.82, 2.24) is 4.57 Å². The third-order valence-corrected chi connectivity index (χ3v) is 4.72. The van der Waals surface area contributed by atoms with Gasteiger partial charge in [-0.3, -0.25) is 4.79 Å². The predicted octanol–water partition coefficient (Wildman–Crippen LogP) is 4.42. The van der Waals surface area contributed by atoms with Crippen molar-refractivity contribution in [3.63, 3.8) is 0 Å². The molecule has 3 heteroatoms. The number of amides is 1. The number of nitrogens with zero attached hydrogens (tertiary/aromatic N) is 1. The molecular weight excluding hydrogens is 308 g/mol. The van der Waals surface area contributed by atoms with E-state index in [0.29, 0.717) is 5.56 Å². The first-order valence-corrected chi connectivity index (χ1v) is 8.58. The summed E-state index contributed by atoms with van der Waals surface area (Å²) < 4.78 is 2.20. The molecule has 0 saturated heterocycles. The number of aromatic nitrogens is 1. The van der Waals surface area contributed by atoms with Crippen LogP contribution in [0.25, 0.3) is 11.3 Å². The average molecular weight is 332 g/mol. The topological polar surface area (TPSA) is 48.0 Å². The second-order valence-electron chi connectivity index (χ2n) is 6.65. The van der Waals surface area contributed by atoms with Gasteiger partial charge in [-0.25, -0.2) is 0 Å². The Morgan fingerprint density at radius 2 is 1.48 bits per heavy atom. The lowest BCUT2D eigenvalue weighted by Crippen LogP contribution is -2.13. The normalized spacial score (nSPS) is 10.8. The zero-order valence-electron chi connectivity index (χ0n) is 15.0. The van der Waals surface area contributed by atoms with Gasteiger partial charge in [-0.1, -0.05) is 59.7 Å². The lowest BCUT2D eigenvalue weighted by atomic mass is 10.1. The first-order valence-electron chi connectivity index (χ1n) is 8.58. The largest absolute Gasteiger partial charge is 0.366 e. The van der Waals surface area contributed by atoms with Gasteiger partial charge in [0, 0.05) is 17.9 Å². The van der Waals surface area contributed by atoms with Crippen molar-refractivity contribution in [2.75, 3.05) is 0 Å². The zero-order chi connectivity index (χ0) is 18.0. The maximum Gasteiger partial charge on any atom is 0.250 e. The lowest BCUT2D eigenvalue weighted by Gasteiger charge is -2.13. The van der Waals surface area contributed by atoms with E-state index in [1.807, 2.05) is 13.0 Å². The highest BCUT2D eigenvalue weighted by atomic mass is 16.1. The van der Waals surface area contributed by atoms with Crippen LogP contribution in [0.1, 0.15) is 32.7 Å². The molecular formula is C22H24N2O. The molecule has 0 aliphatic heterocycles. The molecule has 0 aliphatic carbocycles. The highest BCUT2D eigenvalue weighted by Crippen LogP contribution is 2.26. The van der Waals surface area contributed by atoms with Crippen molar-refractivity contribution in [1.29, 1.82) is 0 Å². The molecule has 3 aromatic rings. The van der Waals surface area contributed by atoms with Gasteiger partial charge in [-0.15, -0.1) is 0 Å². The molecule has 0 spiro atoms. The summed E-state index contributed by atoms with van der Waals surface area (Å²) in [7, 11) is 0. The molecule has 0 unspecified atom stereocenters. The summed E-state index contributed by atoms with van der Waals surface area (Å²) in [4.78, 5) is 11.8. The zero-order valence-corrected chi connectivity index (χ0v) is 15.0. The fourth-order valence-electron chi connectivity index (χ4n) is 3.14. The van der Waals surface area contributed by atoms with Gasteiger partial charge in [0.15, 0.2) is 0 Å². The number of primary amides is 1. The van der Waals surface area contributed by atoms with Gasteiger partial charge >= 0.3 is 0 Å². The van der Waals surface area contributed by atoms with Crippen LogP contribution in [0.3, 0.4) is 0 Å². The number of carbonyl (C=O) groups excluding carboxylic acids is 1. The van der Waals surface area contributed by atoms with Gasteiger partial charge in [0.25, 0.3) is 5.91 Å². The van der Waals surface area contributed by atoms with E-state index in [0.717, 1.165) is 29.9 Å².